The zero-order chi connectivity index (χ0) is 17.8. The molecule has 2 fully saturated rings. The molecule has 0 radical (unpaired) electrons. The molecule has 5 rings (SSSR count). The van der Waals surface area contributed by atoms with Gasteiger partial charge in [0.2, 0.25) is 0 Å². The van der Waals surface area contributed by atoms with Gasteiger partial charge in [-0.3, -0.25) is 9.59 Å². The fraction of sp³-hybridized carbons (Fsp3) is 0.318. The maximum Gasteiger partial charge on any atom is 0.143 e. The third kappa shape index (κ3) is 2.28. The molecule has 128 valence electrons. The minimum absolute atomic E-state index is 0.0365. The van der Waals surface area contributed by atoms with E-state index in [0.29, 0.717) is 24.8 Å². The van der Waals surface area contributed by atoms with E-state index in [4.69, 9.17) is 9.68 Å². The van der Waals surface area contributed by atoms with Crippen LogP contribution in [0.5, 0.6) is 0 Å². The fourth-order valence-corrected chi connectivity index (χ4v) is 4.45. The summed E-state index contributed by atoms with van der Waals surface area (Å²) < 4.78 is 5.76. The van der Waals surface area contributed by atoms with Crippen molar-refractivity contribution in [1.82, 2.24) is 0 Å². The third-order valence-electron chi connectivity index (χ3n) is 5.92. The maximum atomic E-state index is 13.0. The summed E-state index contributed by atoms with van der Waals surface area (Å²) in [6.07, 6.45) is 4.12. The molecule has 0 N–H and O–H groups in total. The monoisotopic (exact) mass is 343 g/mol. The highest BCUT2D eigenvalue weighted by Gasteiger charge is 2.48. The van der Waals surface area contributed by atoms with Crippen molar-refractivity contribution in [3.63, 3.8) is 0 Å². The van der Waals surface area contributed by atoms with Crippen molar-refractivity contribution in [3.8, 4) is 6.07 Å². The zero-order valence-electron chi connectivity index (χ0n) is 14.2. The average molecular weight is 343 g/mol. The van der Waals surface area contributed by atoms with Gasteiger partial charge in [0.05, 0.1) is 17.9 Å². The van der Waals surface area contributed by atoms with Crippen LogP contribution in [-0.4, -0.2) is 11.6 Å². The van der Waals surface area contributed by atoms with Crippen LogP contribution in [0, 0.1) is 23.2 Å². The van der Waals surface area contributed by atoms with E-state index in [2.05, 4.69) is 6.07 Å². The van der Waals surface area contributed by atoms with E-state index in [9.17, 15) is 9.59 Å². The molecule has 2 aliphatic rings. The second kappa shape index (κ2) is 5.54. The summed E-state index contributed by atoms with van der Waals surface area (Å²) in [5.41, 5.74) is 2.24. The smallest absolute Gasteiger partial charge is 0.143 e. The lowest BCUT2D eigenvalue weighted by Gasteiger charge is -2.17. The Morgan fingerprint density at radius 2 is 2.04 bits per heavy atom. The number of carbonyl (C=O) groups is 2. The normalized spacial score (nSPS) is 25.6. The van der Waals surface area contributed by atoms with Crippen molar-refractivity contribution < 1.29 is 14.0 Å². The minimum Gasteiger partial charge on any atom is -0.464 e. The molecule has 0 amide bonds. The van der Waals surface area contributed by atoms with Gasteiger partial charge in [0.25, 0.3) is 0 Å². The van der Waals surface area contributed by atoms with Gasteiger partial charge in [0.1, 0.15) is 17.1 Å². The number of benzene rings is 2. The summed E-state index contributed by atoms with van der Waals surface area (Å²) in [4.78, 5) is 25.1. The molecule has 2 aliphatic carbocycles. The van der Waals surface area contributed by atoms with Crippen LogP contribution in [0.4, 0.5) is 0 Å². The molecule has 4 nitrogen and oxygen atoms in total. The summed E-state index contributed by atoms with van der Waals surface area (Å²) in [5.74, 6) is 0.541. The second-order valence-electron chi connectivity index (χ2n) is 7.52. The Bertz CT molecular complexity index is 1120. The Labute approximate surface area is 150 Å². The number of carbonyl (C=O) groups excluding carboxylic acids is 2. The van der Waals surface area contributed by atoms with Crippen LogP contribution in [-0.2, 0) is 9.59 Å². The number of hydrogen-bond acceptors (Lipinski definition) is 4. The van der Waals surface area contributed by atoms with Gasteiger partial charge in [-0.1, -0.05) is 12.1 Å². The number of nitriles is 1. The number of fused-ring (bicyclic) bond motifs is 4. The van der Waals surface area contributed by atoms with Crippen LogP contribution in [0.25, 0.3) is 21.7 Å². The van der Waals surface area contributed by atoms with Crippen molar-refractivity contribution in [2.45, 2.75) is 31.6 Å². The molecule has 4 heteroatoms. The summed E-state index contributed by atoms with van der Waals surface area (Å²) in [6.45, 7) is 0. The van der Waals surface area contributed by atoms with Crippen molar-refractivity contribution in [1.29, 1.82) is 5.26 Å². The first-order chi connectivity index (χ1) is 12.7. The Morgan fingerprint density at radius 1 is 1.15 bits per heavy atom. The van der Waals surface area contributed by atoms with E-state index in [1.165, 1.54) is 0 Å². The zero-order valence-corrected chi connectivity index (χ0v) is 14.2. The van der Waals surface area contributed by atoms with Gasteiger partial charge in [0.15, 0.2) is 0 Å². The third-order valence-corrected chi connectivity index (χ3v) is 5.92. The van der Waals surface area contributed by atoms with Gasteiger partial charge in [-0.2, -0.15) is 5.26 Å². The maximum absolute atomic E-state index is 13.0. The van der Waals surface area contributed by atoms with Gasteiger partial charge in [-0.05, 0) is 47.7 Å². The van der Waals surface area contributed by atoms with Crippen LogP contribution in [0.3, 0.4) is 0 Å². The Morgan fingerprint density at radius 3 is 2.88 bits per heavy atom. The molecule has 1 aromatic heterocycles. The Balaban J connectivity index is 1.68. The van der Waals surface area contributed by atoms with E-state index in [0.717, 1.165) is 33.7 Å². The number of nitrogens with zero attached hydrogens (tertiary/aromatic N) is 1. The lowest BCUT2D eigenvalue weighted by Crippen LogP contribution is -2.20. The van der Waals surface area contributed by atoms with E-state index in [1.54, 1.807) is 12.3 Å². The number of rotatable bonds is 1. The van der Waals surface area contributed by atoms with Gasteiger partial charge in [-0.15, -0.1) is 0 Å². The van der Waals surface area contributed by atoms with E-state index in [-0.39, 0.29) is 29.3 Å². The summed E-state index contributed by atoms with van der Waals surface area (Å²) in [7, 11) is 0. The SMILES string of the molecule is N#Cc1ccc2c(ccc3occ(C4CCC(=O)C[C@H]5CC5C4=O)c32)c1. The lowest BCUT2D eigenvalue weighted by molar-refractivity contribution is -0.124. The Hall–Kier alpha value is -2.93. The number of furan rings is 1. The number of Topliss-reactive ketones (excluding diaryl/α,β-unsaturated/α-hetero) is 2. The van der Waals surface area contributed by atoms with Crippen LogP contribution in [0.15, 0.2) is 41.0 Å². The molecule has 3 atom stereocenters. The molecule has 26 heavy (non-hydrogen) atoms. The second-order valence-corrected chi connectivity index (χ2v) is 7.52. The largest absolute Gasteiger partial charge is 0.464 e. The van der Waals surface area contributed by atoms with Gasteiger partial charge >= 0.3 is 0 Å². The van der Waals surface area contributed by atoms with E-state index in [1.807, 2.05) is 24.3 Å². The molecule has 0 bridgehead atoms. The number of ketones is 2. The summed E-state index contributed by atoms with van der Waals surface area (Å²) in [5, 5.41) is 12.0. The lowest BCUT2D eigenvalue weighted by atomic mass is 9.83. The molecule has 1 heterocycles. The van der Waals surface area contributed by atoms with Crippen LogP contribution < -0.4 is 0 Å². The molecule has 0 spiro atoms. The minimum atomic E-state index is -0.281. The standard InChI is InChI=1S/C22H17NO3/c23-10-12-1-4-16-13(7-12)2-6-20-21(16)19(11-26-20)17-5-3-15(24)8-14-9-18(14)22(17)25/h1-2,4,6-7,11,14,17-18H,3,5,8-9H2/t14-,17?,18?/m0/s1. The summed E-state index contributed by atoms with van der Waals surface area (Å²) >= 11 is 0. The first-order valence-electron chi connectivity index (χ1n) is 9.05. The van der Waals surface area contributed by atoms with Gasteiger partial charge in [0, 0.05) is 35.6 Å². The molecular weight excluding hydrogens is 326 g/mol. The van der Waals surface area contributed by atoms with Gasteiger partial charge < -0.3 is 4.42 Å². The average Bonchev–Trinajstić information content (AvgIpc) is 3.27. The first-order valence-corrected chi connectivity index (χ1v) is 9.05. The van der Waals surface area contributed by atoms with Crippen LogP contribution in [0.2, 0.25) is 0 Å². The predicted octanol–water partition coefficient (Wildman–Crippen LogP) is 4.50. The van der Waals surface area contributed by atoms with Crippen molar-refractivity contribution in [2.24, 2.45) is 11.8 Å². The first kappa shape index (κ1) is 15.3. The quantitative estimate of drug-likeness (QED) is 0.652. The van der Waals surface area contributed by atoms with Crippen molar-refractivity contribution in [2.75, 3.05) is 0 Å². The molecule has 0 saturated heterocycles. The van der Waals surface area contributed by atoms with E-state index < -0.39 is 0 Å². The fourth-order valence-electron chi connectivity index (χ4n) is 4.45. The van der Waals surface area contributed by atoms with Crippen molar-refractivity contribution >= 4 is 33.3 Å². The molecule has 3 aromatic rings. The topological polar surface area (TPSA) is 71.1 Å². The van der Waals surface area contributed by atoms with Gasteiger partial charge in [-0.25, -0.2) is 0 Å². The van der Waals surface area contributed by atoms with E-state index >= 15 is 0 Å². The molecule has 2 aromatic carbocycles. The number of hydrogen-bond donors (Lipinski definition) is 0. The molecule has 0 aliphatic heterocycles. The highest BCUT2D eigenvalue weighted by atomic mass is 16.3. The molecule has 2 unspecified atom stereocenters. The molecular formula is C22H17NO3. The predicted molar refractivity (Wildman–Crippen MR) is 96.6 cm³/mol. The Kier molecular flexibility index (Phi) is 3.27. The summed E-state index contributed by atoms with van der Waals surface area (Å²) in [6, 6.07) is 11.6. The van der Waals surface area contributed by atoms with Crippen molar-refractivity contribution in [3.05, 3.63) is 47.7 Å². The van der Waals surface area contributed by atoms with Crippen LogP contribution >= 0.6 is 0 Å². The highest BCUT2D eigenvalue weighted by Crippen LogP contribution is 2.49. The molecule has 2 saturated carbocycles. The highest BCUT2D eigenvalue weighted by molar-refractivity contribution is 6.10. The van der Waals surface area contributed by atoms with Crippen LogP contribution in [0.1, 0.15) is 42.7 Å².